The van der Waals surface area contributed by atoms with Crippen LogP contribution in [0.5, 0.6) is 5.75 Å². The molecule has 0 saturated carbocycles. The lowest BCUT2D eigenvalue weighted by Gasteiger charge is -2.16. The van der Waals surface area contributed by atoms with E-state index in [1.54, 1.807) is 7.11 Å². The zero-order valence-corrected chi connectivity index (χ0v) is 10.3. The first kappa shape index (κ1) is 11.2. The van der Waals surface area contributed by atoms with Crippen molar-refractivity contribution in [2.45, 2.75) is 13.0 Å². The summed E-state index contributed by atoms with van der Waals surface area (Å²) in [6.07, 6.45) is 2.94. The second-order valence-corrected chi connectivity index (χ2v) is 4.29. The highest BCUT2D eigenvalue weighted by Gasteiger charge is 2.14. The van der Waals surface area contributed by atoms with Crippen LogP contribution in [0.25, 0.3) is 11.4 Å². The zero-order valence-electron chi connectivity index (χ0n) is 10.3. The average molecular weight is 241 g/mol. The van der Waals surface area contributed by atoms with Gasteiger partial charge in [-0.25, -0.2) is 9.97 Å². The summed E-state index contributed by atoms with van der Waals surface area (Å²) < 4.78 is 5.35. The quantitative estimate of drug-likeness (QED) is 0.871. The van der Waals surface area contributed by atoms with Gasteiger partial charge in [-0.3, -0.25) is 0 Å². The molecular weight excluding hydrogens is 226 g/mol. The molecule has 2 heterocycles. The summed E-state index contributed by atoms with van der Waals surface area (Å²) in [4.78, 5) is 9.09. The Balaban J connectivity index is 2.06. The Labute approximate surface area is 106 Å². The van der Waals surface area contributed by atoms with Crippen molar-refractivity contribution in [3.8, 4) is 17.1 Å². The molecule has 1 aliphatic heterocycles. The third-order valence-corrected chi connectivity index (χ3v) is 3.17. The van der Waals surface area contributed by atoms with Crippen LogP contribution in [0.2, 0.25) is 0 Å². The van der Waals surface area contributed by atoms with Crippen LogP contribution in [0.1, 0.15) is 11.3 Å². The van der Waals surface area contributed by atoms with Crippen molar-refractivity contribution < 1.29 is 4.74 Å². The third-order valence-electron chi connectivity index (χ3n) is 3.17. The summed E-state index contributed by atoms with van der Waals surface area (Å²) in [6, 6.07) is 7.83. The van der Waals surface area contributed by atoms with Gasteiger partial charge in [-0.15, -0.1) is 0 Å². The van der Waals surface area contributed by atoms with E-state index in [1.165, 1.54) is 5.56 Å². The lowest BCUT2D eigenvalue weighted by Crippen LogP contribution is -2.25. The molecule has 3 rings (SSSR count). The number of aromatic nitrogens is 2. The standard InChI is InChI=1S/C14H15N3O/c1-18-13-5-3-2-4-11(13)14-16-8-10-6-7-15-9-12(10)17-14/h2-5,8,15H,6-7,9H2,1H3. The van der Waals surface area contributed by atoms with E-state index in [0.717, 1.165) is 42.3 Å². The maximum absolute atomic E-state index is 5.35. The van der Waals surface area contributed by atoms with Crippen LogP contribution in [0.3, 0.4) is 0 Å². The fraction of sp³-hybridized carbons (Fsp3) is 0.286. The Bertz CT molecular complexity index is 569. The molecular formula is C14H15N3O. The number of hydrogen-bond donors (Lipinski definition) is 1. The van der Waals surface area contributed by atoms with Crippen LogP contribution in [0.4, 0.5) is 0 Å². The Kier molecular flexibility index (Phi) is 2.94. The molecule has 0 unspecified atom stereocenters. The van der Waals surface area contributed by atoms with Crippen LogP contribution in [-0.2, 0) is 13.0 Å². The van der Waals surface area contributed by atoms with Crippen LogP contribution in [-0.4, -0.2) is 23.6 Å². The van der Waals surface area contributed by atoms with Crippen molar-refractivity contribution >= 4 is 0 Å². The number of rotatable bonds is 2. The maximum atomic E-state index is 5.35. The Morgan fingerprint density at radius 1 is 1.28 bits per heavy atom. The molecule has 0 fully saturated rings. The fourth-order valence-corrected chi connectivity index (χ4v) is 2.19. The highest BCUT2D eigenvalue weighted by atomic mass is 16.5. The van der Waals surface area contributed by atoms with Gasteiger partial charge in [0.2, 0.25) is 0 Å². The second-order valence-electron chi connectivity index (χ2n) is 4.29. The summed E-state index contributed by atoms with van der Waals surface area (Å²) in [6.45, 7) is 1.82. The Hall–Kier alpha value is -1.94. The van der Waals surface area contributed by atoms with Gasteiger partial charge in [0.1, 0.15) is 5.75 Å². The number of methoxy groups -OCH3 is 1. The van der Waals surface area contributed by atoms with Crippen LogP contribution in [0.15, 0.2) is 30.5 Å². The summed E-state index contributed by atoms with van der Waals surface area (Å²) in [5.74, 6) is 1.54. The first-order valence-corrected chi connectivity index (χ1v) is 6.07. The van der Waals surface area contributed by atoms with E-state index in [9.17, 15) is 0 Å². The molecule has 0 radical (unpaired) electrons. The number of hydrogen-bond acceptors (Lipinski definition) is 4. The molecule has 4 heteroatoms. The zero-order chi connectivity index (χ0) is 12.4. The molecule has 1 aromatic carbocycles. The third kappa shape index (κ3) is 1.95. The molecule has 0 aliphatic carbocycles. The van der Waals surface area contributed by atoms with Gasteiger partial charge < -0.3 is 10.1 Å². The average Bonchev–Trinajstić information content (AvgIpc) is 2.46. The van der Waals surface area contributed by atoms with Crippen LogP contribution < -0.4 is 10.1 Å². The van der Waals surface area contributed by atoms with E-state index in [0.29, 0.717) is 0 Å². The number of nitrogens with zero attached hydrogens (tertiary/aromatic N) is 2. The van der Waals surface area contributed by atoms with Crippen molar-refractivity contribution in [2.24, 2.45) is 0 Å². The van der Waals surface area contributed by atoms with Crippen molar-refractivity contribution in [3.63, 3.8) is 0 Å². The minimum atomic E-state index is 0.731. The Morgan fingerprint density at radius 3 is 3.06 bits per heavy atom. The molecule has 92 valence electrons. The van der Waals surface area contributed by atoms with E-state index < -0.39 is 0 Å². The topological polar surface area (TPSA) is 47.0 Å². The van der Waals surface area contributed by atoms with Crippen LogP contribution >= 0.6 is 0 Å². The van der Waals surface area contributed by atoms with Crippen molar-refractivity contribution in [1.82, 2.24) is 15.3 Å². The number of para-hydroxylation sites is 1. The van der Waals surface area contributed by atoms with Gasteiger partial charge in [0.25, 0.3) is 0 Å². The minimum absolute atomic E-state index is 0.731. The van der Waals surface area contributed by atoms with Gasteiger partial charge in [0, 0.05) is 12.7 Å². The number of nitrogens with one attached hydrogen (secondary N) is 1. The molecule has 0 spiro atoms. The molecule has 1 aromatic heterocycles. The van der Waals surface area contributed by atoms with Crippen molar-refractivity contribution in [2.75, 3.05) is 13.7 Å². The summed E-state index contributed by atoms with van der Waals surface area (Å²) in [5.41, 5.74) is 3.28. The molecule has 0 atom stereocenters. The second kappa shape index (κ2) is 4.74. The smallest absolute Gasteiger partial charge is 0.163 e. The first-order chi connectivity index (χ1) is 8.88. The number of fused-ring (bicyclic) bond motifs is 1. The monoisotopic (exact) mass is 241 g/mol. The molecule has 1 N–H and O–H groups in total. The van der Waals surface area contributed by atoms with Crippen molar-refractivity contribution in [3.05, 3.63) is 41.7 Å². The lowest BCUT2D eigenvalue weighted by molar-refractivity contribution is 0.416. The predicted octanol–water partition coefficient (Wildman–Crippen LogP) is 1.80. The molecule has 0 amide bonds. The van der Waals surface area contributed by atoms with E-state index in [1.807, 2.05) is 30.5 Å². The highest BCUT2D eigenvalue weighted by molar-refractivity contribution is 5.64. The first-order valence-electron chi connectivity index (χ1n) is 6.07. The highest BCUT2D eigenvalue weighted by Crippen LogP contribution is 2.27. The van der Waals surface area contributed by atoms with Gasteiger partial charge in [-0.2, -0.15) is 0 Å². The van der Waals surface area contributed by atoms with Crippen LogP contribution in [0, 0.1) is 0 Å². The predicted molar refractivity (Wildman–Crippen MR) is 69.4 cm³/mol. The van der Waals surface area contributed by atoms with E-state index >= 15 is 0 Å². The largest absolute Gasteiger partial charge is 0.496 e. The van der Waals surface area contributed by atoms with Gasteiger partial charge >= 0.3 is 0 Å². The normalized spacial score (nSPS) is 14.1. The molecule has 4 nitrogen and oxygen atoms in total. The van der Waals surface area contributed by atoms with Crippen molar-refractivity contribution in [1.29, 1.82) is 0 Å². The van der Waals surface area contributed by atoms with E-state index in [-0.39, 0.29) is 0 Å². The van der Waals surface area contributed by atoms with Gasteiger partial charge in [-0.1, -0.05) is 12.1 Å². The van der Waals surface area contributed by atoms with E-state index in [4.69, 9.17) is 4.74 Å². The van der Waals surface area contributed by atoms with Gasteiger partial charge in [-0.05, 0) is 30.7 Å². The van der Waals surface area contributed by atoms with Gasteiger partial charge in [0.05, 0.1) is 18.4 Å². The molecule has 2 aromatic rings. The minimum Gasteiger partial charge on any atom is -0.496 e. The molecule has 18 heavy (non-hydrogen) atoms. The number of benzene rings is 1. The Morgan fingerprint density at radius 2 is 2.17 bits per heavy atom. The number of ether oxygens (including phenoxy) is 1. The summed E-state index contributed by atoms with van der Waals surface area (Å²) >= 11 is 0. The van der Waals surface area contributed by atoms with Gasteiger partial charge in [0.15, 0.2) is 5.82 Å². The fourth-order valence-electron chi connectivity index (χ4n) is 2.19. The molecule has 1 aliphatic rings. The molecule has 0 saturated heterocycles. The molecule has 0 bridgehead atoms. The SMILES string of the molecule is COc1ccccc1-c1ncc2c(n1)CNCC2. The maximum Gasteiger partial charge on any atom is 0.163 e. The summed E-state index contributed by atoms with van der Waals surface area (Å²) in [5, 5.41) is 3.33. The summed E-state index contributed by atoms with van der Waals surface area (Å²) in [7, 11) is 1.67. The lowest BCUT2D eigenvalue weighted by atomic mass is 10.1. The van der Waals surface area contributed by atoms with E-state index in [2.05, 4.69) is 15.3 Å².